The van der Waals surface area contributed by atoms with Crippen LogP contribution in [-0.4, -0.2) is 18.5 Å². The lowest BCUT2D eigenvalue weighted by molar-refractivity contribution is 0.0526. The number of para-hydroxylation sites is 1. The smallest absolute Gasteiger partial charge is 0.338 e. The van der Waals surface area contributed by atoms with Crippen molar-refractivity contribution in [3.63, 3.8) is 0 Å². The van der Waals surface area contributed by atoms with Gasteiger partial charge in [-0.05, 0) is 55.5 Å². The van der Waals surface area contributed by atoms with Crippen molar-refractivity contribution in [2.24, 2.45) is 0 Å². The van der Waals surface area contributed by atoms with Crippen LogP contribution in [0.3, 0.4) is 0 Å². The molecule has 0 aliphatic heterocycles. The Bertz CT molecular complexity index is 900. The van der Waals surface area contributed by atoms with Gasteiger partial charge in [0.2, 0.25) is 0 Å². The summed E-state index contributed by atoms with van der Waals surface area (Å²) in [7, 11) is 0. The number of esters is 1. The van der Waals surface area contributed by atoms with E-state index in [0.29, 0.717) is 23.6 Å². The normalized spacial score (nSPS) is 10.3. The number of nitrogens with one attached hydrogen (secondary N) is 1. The zero-order valence-corrected chi connectivity index (χ0v) is 14.8. The van der Waals surface area contributed by atoms with E-state index in [2.05, 4.69) is 5.32 Å². The first-order valence-corrected chi connectivity index (χ1v) is 8.51. The molecule has 0 saturated carbocycles. The number of furan rings is 1. The summed E-state index contributed by atoms with van der Waals surface area (Å²) in [6, 6.07) is 19.1. The Labute approximate surface area is 156 Å². The molecule has 0 saturated heterocycles. The fraction of sp³-hybridized carbons (Fsp3) is 0.143. The summed E-state index contributed by atoms with van der Waals surface area (Å²) in [5.41, 5.74) is 0.972. The van der Waals surface area contributed by atoms with E-state index >= 15 is 0 Å². The lowest BCUT2D eigenvalue weighted by Gasteiger charge is -2.05. The molecule has 0 fully saturated rings. The summed E-state index contributed by atoms with van der Waals surface area (Å²) >= 11 is 0. The number of hydrogen-bond donors (Lipinski definition) is 1. The van der Waals surface area contributed by atoms with Gasteiger partial charge in [-0.25, -0.2) is 4.79 Å². The lowest BCUT2D eigenvalue weighted by atomic mass is 10.2. The number of rotatable bonds is 7. The molecule has 1 aromatic heterocycles. The number of amides is 1. The second kappa shape index (κ2) is 8.71. The summed E-state index contributed by atoms with van der Waals surface area (Å²) < 4.78 is 16.0. The maximum atomic E-state index is 12.3. The Morgan fingerprint density at radius 1 is 0.963 bits per heavy atom. The zero-order chi connectivity index (χ0) is 19.1. The molecule has 0 radical (unpaired) electrons. The van der Waals surface area contributed by atoms with Crippen molar-refractivity contribution >= 4 is 17.6 Å². The number of carbonyl (C=O) groups excluding carboxylic acids is 2. The number of benzene rings is 2. The highest BCUT2D eigenvalue weighted by Gasteiger charge is 2.13. The largest absolute Gasteiger partial charge is 0.486 e. The van der Waals surface area contributed by atoms with Gasteiger partial charge in [0, 0.05) is 5.69 Å². The highest BCUT2D eigenvalue weighted by molar-refractivity contribution is 6.02. The third-order valence-electron chi connectivity index (χ3n) is 3.66. The van der Waals surface area contributed by atoms with E-state index < -0.39 is 5.97 Å². The van der Waals surface area contributed by atoms with Crippen molar-refractivity contribution in [1.29, 1.82) is 0 Å². The van der Waals surface area contributed by atoms with Gasteiger partial charge >= 0.3 is 5.97 Å². The molecule has 3 rings (SSSR count). The van der Waals surface area contributed by atoms with Crippen LogP contribution in [0.1, 0.15) is 33.6 Å². The summed E-state index contributed by atoms with van der Waals surface area (Å²) in [5.74, 6) is 0.661. The molecule has 1 N–H and O–H groups in total. The van der Waals surface area contributed by atoms with Gasteiger partial charge in [-0.2, -0.15) is 0 Å². The average Bonchev–Trinajstić information content (AvgIpc) is 3.17. The second-order valence-electron chi connectivity index (χ2n) is 5.62. The van der Waals surface area contributed by atoms with Crippen molar-refractivity contribution in [3.05, 3.63) is 83.8 Å². The molecule has 0 spiro atoms. The number of ether oxygens (including phenoxy) is 2. The summed E-state index contributed by atoms with van der Waals surface area (Å²) in [6.07, 6.45) is 0. The molecular formula is C21H19NO5. The van der Waals surface area contributed by atoms with Crippen molar-refractivity contribution in [1.82, 2.24) is 0 Å². The standard InChI is InChI=1S/C21H19NO5/c1-2-25-21(24)15-8-10-16(11-9-15)22-20(23)19-13-12-18(27-19)14-26-17-6-4-3-5-7-17/h3-13H,2,14H2,1H3,(H,22,23). The summed E-state index contributed by atoms with van der Waals surface area (Å²) in [4.78, 5) is 23.9. The van der Waals surface area contributed by atoms with Crippen LogP contribution < -0.4 is 10.1 Å². The maximum absolute atomic E-state index is 12.3. The van der Waals surface area contributed by atoms with Crippen LogP contribution in [0.2, 0.25) is 0 Å². The Balaban J connectivity index is 1.57. The molecule has 6 nitrogen and oxygen atoms in total. The van der Waals surface area contributed by atoms with E-state index in [0.717, 1.165) is 5.75 Å². The molecule has 1 amide bonds. The monoisotopic (exact) mass is 365 g/mol. The minimum Gasteiger partial charge on any atom is -0.486 e. The first kappa shape index (κ1) is 18.3. The van der Waals surface area contributed by atoms with E-state index in [1.54, 1.807) is 43.3 Å². The molecule has 0 unspecified atom stereocenters. The van der Waals surface area contributed by atoms with E-state index in [4.69, 9.17) is 13.9 Å². The van der Waals surface area contributed by atoms with Crippen LogP contribution in [0.5, 0.6) is 5.75 Å². The van der Waals surface area contributed by atoms with Gasteiger partial charge in [-0.3, -0.25) is 4.79 Å². The Morgan fingerprint density at radius 2 is 1.70 bits per heavy atom. The molecular weight excluding hydrogens is 346 g/mol. The van der Waals surface area contributed by atoms with Gasteiger partial charge in [-0.15, -0.1) is 0 Å². The molecule has 0 atom stereocenters. The van der Waals surface area contributed by atoms with Crippen molar-refractivity contribution in [2.45, 2.75) is 13.5 Å². The summed E-state index contributed by atoms with van der Waals surface area (Å²) in [5, 5.41) is 2.72. The van der Waals surface area contributed by atoms with Crippen LogP contribution in [-0.2, 0) is 11.3 Å². The Kier molecular flexibility index (Phi) is 5.89. The SMILES string of the molecule is CCOC(=O)c1ccc(NC(=O)c2ccc(COc3ccccc3)o2)cc1. The number of anilines is 1. The van der Waals surface area contributed by atoms with Gasteiger partial charge in [0.05, 0.1) is 12.2 Å². The van der Waals surface area contributed by atoms with Gasteiger partial charge in [0.1, 0.15) is 18.1 Å². The van der Waals surface area contributed by atoms with Crippen molar-refractivity contribution in [3.8, 4) is 5.75 Å². The Hall–Kier alpha value is -3.54. The molecule has 2 aromatic carbocycles. The molecule has 0 aliphatic rings. The third kappa shape index (κ3) is 4.98. The zero-order valence-electron chi connectivity index (χ0n) is 14.8. The van der Waals surface area contributed by atoms with Gasteiger partial charge in [0.15, 0.2) is 5.76 Å². The fourth-order valence-corrected chi connectivity index (χ4v) is 2.35. The molecule has 3 aromatic rings. The minimum absolute atomic E-state index is 0.177. The van der Waals surface area contributed by atoms with Crippen LogP contribution in [0.15, 0.2) is 71.1 Å². The maximum Gasteiger partial charge on any atom is 0.338 e. The quantitative estimate of drug-likeness (QED) is 0.632. The number of hydrogen-bond acceptors (Lipinski definition) is 5. The molecule has 0 bridgehead atoms. The van der Waals surface area contributed by atoms with Crippen LogP contribution in [0.25, 0.3) is 0 Å². The highest BCUT2D eigenvalue weighted by atomic mass is 16.5. The van der Waals surface area contributed by atoms with E-state index in [1.165, 1.54) is 0 Å². The second-order valence-corrected chi connectivity index (χ2v) is 5.62. The Morgan fingerprint density at radius 3 is 2.41 bits per heavy atom. The van der Waals surface area contributed by atoms with Crippen LogP contribution >= 0.6 is 0 Å². The predicted octanol–water partition coefficient (Wildman–Crippen LogP) is 4.29. The fourth-order valence-electron chi connectivity index (χ4n) is 2.35. The van der Waals surface area contributed by atoms with Crippen LogP contribution in [0, 0.1) is 0 Å². The summed E-state index contributed by atoms with van der Waals surface area (Å²) in [6.45, 7) is 2.28. The van der Waals surface area contributed by atoms with Crippen molar-refractivity contribution in [2.75, 3.05) is 11.9 Å². The first-order valence-electron chi connectivity index (χ1n) is 8.51. The van der Waals surface area contributed by atoms with Gasteiger partial charge in [0.25, 0.3) is 5.91 Å². The molecule has 0 aliphatic carbocycles. The molecule has 27 heavy (non-hydrogen) atoms. The minimum atomic E-state index is -0.399. The molecule has 138 valence electrons. The van der Waals surface area contributed by atoms with Gasteiger partial charge < -0.3 is 19.2 Å². The molecule has 1 heterocycles. The first-order chi connectivity index (χ1) is 13.2. The highest BCUT2D eigenvalue weighted by Crippen LogP contribution is 2.16. The van der Waals surface area contributed by atoms with E-state index in [-0.39, 0.29) is 18.3 Å². The topological polar surface area (TPSA) is 77.8 Å². The number of carbonyl (C=O) groups is 2. The predicted molar refractivity (Wildman–Crippen MR) is 99.8 cm³/mol. The lowest BCUT2D eigenvalue weighted by Crippen LogP contribution is -2.11. The van der Waals surface area contributed by atoms with E-state index in [1.807, 2.05) is 30.3 Å². The van der Waals surface area contributed by atoms with Gasteiger partial charge in [-0.1, -0.05) is 18.2 Å². The molecule has 6 heteroatoms. The van der Waals surface area contributed by atoms with Crippen LogP contribution in [0.4, 0.5) is 5.69 Å². The average molecular weight is 365 g/mol. The third-order valence-corrected chi connectivity index (χ3v) is 3.66. The van der Waals surface area contributed by atoms with E-state index in [9.17, 15) is 9.59 Å². The van der Waals surface area contributed by atoms with Crippen molar-refractivity contribution < 1.29 is 23.5 Å².